The first-order chi connectivity index (χ1) is 15.0. The van der Waals surface area contributed by atoms with Gasteiger partial charge in [-0.15, -0.1) is 0 Å². The number of piperidine rings is 1. The van der Waals surface area contributed by atoms with Gasteiger partial charge in [-0.2, -0.15) is 0 Å². The Morgan fingerprint density at radius 2 is 1.68 bits per heavy atom. The number of fused-ring (bicyclic) bond motifs is 6. The van der Waals surface area contributed by atoms with E-state index in [1.807, 2.05) is 0 Å². The van der Waals surface area contributed by atoms with Gasteiger partial charge < -0.3 is 10.2 Å². The molecule has 160 valence electrons. The predicted molar refractivity (Wildman–Crippen MR) is 119 cm³/mol. The highest BCUT2D eigenvalue weighted by Crippen LogP contribution is 2.49. The molecule has 5 atom stereocenters. The van der Waals surface area contributed by atoms with Crippen LogP contribution in [0.2, 0.25) is 0 Å². The van der Waals surface area contributed by atoms with Gasteiger partial charge in [0.15, 0.2) is 0 Å². The molecule has 4 nitrogen and oxygen atoms in total. The largest absolute Gasteiger partial charge is 0.349 e. The van der Waals surface area contributed by atoms with Gasteiger partial charge in [-0.25, -0.2) is 0 Å². The number of likely N-dealkylation sites (tertiary alicyclic amines) is 1. The zero-order chi connectivity index (χ0) is 21.3. The molecule has 4 aliphatic rings. The van der Waals surface area contributed by atoms with Gasteiger partial charge in [-0.3, -0.25) is 9.59 Å². The molecule has 0 spiro atoms. The molecule has 0 bridgehead atoms. The van der Waals surface area contributed by atoms with Crippen LogP contribution < -0.4 is 5.32 Å². The molecular weight excluding hydrogens is 384 g/mol. The van der Waals surface area contributed by atoms with Crippen molar-refractivity contribution >= 4 is 11.8 Å². The maximum Gasteiger partial charge on any atom is 0.223 e. The fourth-order valence-corrected chi connectivity index (χ4v) is 7.01. The first kappa shape index (κ1) is 19.1. The van der Waals surface area contributed by atoms with Crippen LogP contribution in [0.1, 0.15) is 64.7 Å². The van der Waals surface area contributed by atoms with Crippen LogP contribution in [0.5, 0.6) is 0 Å². The second-order valence-electron chi connectivity index (χ2n) is 10.2. The first-order valence-electron chi connectivity index (χ1n) is 11.8. The van der Waals surface area contributed by atoms with Crippen LogP contribution in [0.15, 0.2) is 36.4 Å². The van der Waals surface area contributed by atoms with Crippen LogP contribution in [0.4, 0.5) is 0 Å². The number of carbonyl (C=O) groups excluding carboxylic acids is 2. The molecule has 4 heteroatoms. The molecule has 2 amide bonds. The number of nitrogens with zero attached hydrogens (tertiary/aromatic N) is 1. The monoisotopic (exact) mass is 414 g/mol. The van der Waals surface area contributed by atoms with Gasteiger partial charge in [-0.1, -0.05) is 36.4 Å². The predicted octanol–water partition coefficient (Wildman–Crippen LogP) is 4.19. The standard InChI is InChI=1S/C27H30N2O2/c1-15-5-4-8-21-19(15)10-9-17-12-25(31)29(27(17)21)14-18-11-24(30)28-26-20-7-3-6-16(2)22(20)13-23(18)26/h3-8,17-18,23,26-27H,9-14H2,1-2H3,(H,28,30). The van der Waals surface area contributed by atoms with Gasteiger partial charge in [0, 0.05) is 19.4 Å². The van der Waals surface area contributed by atoms with E-state index in [1.165, 1.54) is 33.4 Å². The summed E-state index contributed by atoms with van der Waals surface area (Å²) in [6, 6.07) is 13.3. The zero-order valence-corrected chi connectivity index (χ0v) is 18.4. The van der Waals surface area contributed by atoms with Crippen molar-refractivity contribution in [1.82, 2.24) is 10.2 Å². The Hall–Kier alpha value is -2.62. The van der Waals surface area contributed by atoms with E-state index in [-0.39, 0.29) is 29.8 Å². The smallest absolute Gasteiger partial charge is 0.223 e. The van der Waals surface area contributed by atoms with Crippen molar-refractivity contribution in [2.75, 3.05) is 6.54 Å². The van der Waals surface area contributed by atoms with E-state index in [0.29, 0.717) is 31.2 Å². The minimum absolute atomic E-state index is 0.0931. The molecule has 2 fully saturated rings. The summed E-state index contributed by atoms with van der Waals surface area (Å²) in [5.41, 5.74) is 8.13. The van der Waals surface area contributed by atoms with Crippen LogP contribution >= 0.6 is 0 Å². The molecular formula is C27H30N2O2. The molecule has 6 rings (SSSR count). The molecule has 0 radical (unpaired) electrons. The molecule has 0 aromatic heterocycles. The summed E-state index contributed by atoms with van der Waals surface area (Å²) in [5.74, 6) is 1.41. The SMILES string of the molecule is Cc1cccc2c1CC1C(CN3C(=O)CC4CCc5c(C)cccc5C43)CC(=O)NC21. The normalized spacial score (nSPS) is 31.0. The van der Waals surface area contributed by atoms with E-state index >= 15 is 0 Å². The molecule has 1 N–H and O–H groups in total. The van der Waals surface area contributed by atoms with Crippen molar-refractivity contribution < 1.29 is 9.59 Å². The lowest BCUT2D eigenvalue weighted by molar-refractivity contribution is -0.133. The van der Waals surface area contributed by atoms with Crippen molar-refractivity contribution in [1.29, 1.82) is 0 Å². The number of benzene rings is 2. The van der Waals surface area contributed by atoms with Crippen molar-refractivity contribution in [2.45, 2.75) is 58.0 Å². The topological polar surface area (TPSA) is 49.4 Å². The maximum absolute atomic E-state index is 13.2. The van der Waals surface area contributed by atoms with Crippen molar-refractivity contribution in [3.8, 4) is 0 Å². The number of amides is 2. The number of hydrogen-bond acceptors (Lipinski definition) is 2. The van der Waals surface area contributed by atoms with Crippen LogP contribution in [-0.4, -0.2) is 23.3 Å². The summed E-state index contributed by atoms with van der Waals surface area (Å²) in [5, 5.41) is 3.26. The Bertz CT molecular complexity index is 1090. The number of hydrogen-bond donors (Lipinski definition) is 1. The molecule has 2 aromatic carbocycles. The Morgan fingerprint density at radius 3 is 2.48 bits per heavy atom. The van der Waals surface area contributed by atoms with E-state index in [4.69, 9.17) is 0 Å². The van der Waals surface area contributed by atoms with Crippen LogP contribution in [-0.2, 0) is 22.4 Å². The van der Waals surface area contributed by atoms with E-state index in [0.717, 1.165) is 19.3 Å². The lowest BCUT2D eigenvalue weighted by atomic mass is 9.77. The quantitative estimate of drug-likeness (QED) is 0.801. The molecule has 2 aromatic rings. The Kier molecular flexibility index (Phi) is 4.28. The average molecular weight is 415 g/mol. The molecule has 2 aliphatic carbocycles. The highest BCUT2D eigenvalue weighted by Gasteiger charge is 2.48. The van der Waals surface area contributed by atoms with Crippen LogP contribution in [0.3, 0.4) is 0 Å². The van der Waals surface area contributed by atoms with Gasteiger partial charge in [0.05, 0.1) is 12.1 Å². The summed E-state index contributed by atoms with van der Waals surface area (Å²) in [7, 11) is 0. The van der Waals surface area contributed by atoms with E-state index in [1.54, 1.807) is 0 Å². The van der Waals surface area contributed by atoms with Gasteiger partial charge in [0.1, 0.15) is 0 Å². The fourth-order valence-electron chi connectivity index (χ4n) is 7.01. The van der Waals surface area contributed by atoms with Gasteiger partial charge in [0.2, 0.25) is 11.8 Å². The highest BCUT2D eigenvalue weighted by molar-refractivity contribution is 5.81. The average Bonchev–Trinajstić information content (AvgIpc) is 3.27. The van der Waals surface area contributed by atoms with Crippen molar-refractivity contribution in [3.63, 3.8) is 0 Å². The highest BCUT2D eigenvalue weighted by atomic mass is 16.2. The summed E-state index contributed by atoms with van der Waals surface area (Å²) in [4.78, 5) is 28.0. The Labute approximate surface area is 184 Å². The number of rotatable bonds is 2. The van der Waals surface area contributed by atoms with Crippen molar-refractivity contribution in [2.24, 2.45) is 17.8 Å². The molecule has 2 aliphatic heterocycles. The number of aryl methyl sites for hydroxylation is 2. The molecule has 31 heavy (non-hydrogen) atoms. The lowest BCUT2D eigenvalue weighted by Gasteiger charge is -2.40. The molecule has 2 saturated heterocycles. The van der Waals surface area contributed by atoms with Crippen LogP contribution in [0, 0.1) is 31.6 Å². The summed E-state index contributed by atoms with van der Waals surface area (Å²) in [6.45, 7) is 5.06. The van der Waals surface area contributed by atoms with Gasteiger partial charge in [-0.05, 0) is 84.2 Å². The van der Waals surface area contributed by atoms with E-state index in [9.17, 15) is 9.59 Å². The number of carbonyl (C=O) groups is 2. The molecule has 5 unspecified atom stereocenters. The minimum Gasteiger partial charge on any atom is -0.349 e. The Balaban J connectivity index is 1.33. The summed E-state index contributed by atoms with van der Waals surface area (Å²) < 4.78 is 0. The first-order valence-corrected chi connectivity index (χ1v) is 11.8. The Morgan fingerprint density at radius 1 is 0.935 bits per heavy atom. The molecule has 2 heterocycles. The third kappa shape index (κ3) is 2.87. The third-order valence-corrected chi connectivity index (χ3v) is 8.52. The van der Waals surface area contributed by atoms with E-state index < -0.39 is 0 Å². The fraction of sp³-hybridized carbons (Fsp3) is 0.481. The minimum atomic E-state index is 0.0931. The maximum atomic E-state index is 13.2. The summed E-state index contributed by atoms with van der Waals surface area (Å²) >= 11 is 0. The van der Waals surface area contributed by atoms with Crippen LogP contribution in [0.25, 0.3) is 0 Å². The summed E-state index contributed by atoms with van der Waals surface area (Å²) in [6.07, 6.45) is 4.35. The van der Waals surface area contributed by atoms with Gasteiger partial charge in [0.25, 0.3) is 0 Å². The van der Waals surface area contributed by atoms with Crippen molar-refractivity contribution in [3.05, 3.63) is 69.8 Å². The van der Waals surface area contributed by atoms with Gasteiger partial charge >= 0.3 is 0 Å². The lowest BCUT2D eigenvalue weighted by Crippen LogP contribution is -2.46. The second-order valence-corrected chi connectivity index (χ2v) is 10.2. The third-order valence-electron chi connectivity index (χ3n) is 8.52. The molecule has 0 saturated carbocycles. The second kappa shape index (κ2) is 6.94. The number of nitrogens with one attached hydrogen (secondary N) is 1. The zero-order valence-electron chi connectivity index (χ0n) is 18.4. The van der Waals surface area contributed by atoms with E-state index in [2.05, 4.69) is 60.5 Å².